The molecule has 1 aliphatic carbocycles. The number of nitrogens with zero attached hydrogens (tertiary/aromatic N) is 2. The average molecular weight is 388 g/mol. The number of aryl methyl sites for hydroxylation is 1. The molecule has 1 saturated heterocycles. The van der Waals surface area contributed by atoms with Gasteiger partial charge in [-0.2, -0.15) is 0 Å². The van der Waals surface area contributed by atoms with Crippen molar-refractivity contribution in [1.82, 2.24) is 9.97 Å². The molecule has 2 heterocycles. The van der Waals surface area contributed by atoms with E-state index in [1.807, 2.05) is 25.3 Å². The van der Waals surface area contributed by atoms with E-state index in [0.717, 1.165) is 22.5 Å². The van der Waals surface area contributed by atoms with Crippen molar-refractivity contribution in [2.45, 2.75) is 56.4 Å². The number of hydrogen-bond donors (Lipinski definition) is 4. The molecule has 1 aliphatic heterocycles. The summed E-state index contributed by atoms with van der Waals surface area (Å²) in [5.74, 6) is 1.01. The summed E-state index contributed by atoms with van der Waals surface area (Å²) in [5, 5.41) is 39.1. The fraction of sp³-hybridized carbons (Fsp3) is 0.500. The Labute approximate surface area is 162 Å². The normalized spacial score (nSPS) is 30.2. The number of aliphatic hydroxyl groups is 4. The van der Waals surface area contributed by atoms with E-state index in [-0.39, 0.29) is 0 Å². The first-order chi connectivity index (χ1) is 13.5. The third kappa shape index (κ3) is 3.74. The van der Waals surface area contributed by atoms with Gasteiger partial charge in [0, 0.05) is 17.7 Å². The van der Waals surface area contributed by atoms with Crippen molar-refractivity contribution in [1.29, 1.82) is 0 Å². The molecule has 0 amide bonds. The Balaban J connectivity index is 1.49. The van der Waals surface area contributed by atoms with Crippen LogP contribution in [0.1, 0.15) is 30.0 Å². The van der Waals surface area contributed by atoms with Crippen LogP contribution in [0, 0.1) is 6.92 Å². The molecule has 0 unspecified atom stereocenters. The van der Waals surface area contributed by atoms with Crippen LogP contribution in [0.3, 0.4) is 0 Å². The zero-order valence-corrected chi connectivity index (χ0v) is 15.5. The lowest BCUT2D eigenvalue weighted by Crippen LogP contribution is -2.60. The van der Waals surface area contributed by atoms with Gasteiger partial charge in [-0.25, -0.2) is 0 Å². The molecule has 4 N–H and O–H groups in total. The molecule has 2 aromatic rings. The zero-order valence-electron chi connectivity index (χ0n) is 15.5. The van der Waals surface area contributed by atoms with Crippen LogP contribution in [0.5, 0.6) is 5.75 Å². The number of ether oxygens (including phenoxy) is 2. The van der Waals surface area contributed by atoms with Crippen molar-refractivity contribution in [2.75, 3.05) is 6.61 Å². The highest BCUT2D eigenvalue weighted by Crippen LogP contribution is 2.38. The summed E-state index contributed by atoms with van der Waals surface area (Å²) in [5.41, 5.74) is 3.45. The molecular formula is C20H24N2O6. The first-order valence-electron chi connectivity index (χ1n) is 9.38. The van der Waals surface area contributed by atoms with E-state index in [4.69, 9.17) is 9.47 Å². The van der Waals surface area contributed by atoms with Crippen molar-refractivity contribution >= 4 is 0 Å². The lowest BCUT2D eigenvalue weighted by molar-refractivity contribution is -0.277. The third-order valence-corrected chi connectivity index (χ3v) is 5.23. The van der Waals surface area contributed by atoms with Crippen LogP contribution >= 0.6 is 0 Å². The highest BCUT2D eigenvalue weighted by atomic mass is 16.7. The highest BCUT2D eigenvalue weighted by molar-refractivity contribution is 5.61. The van der Waals surface area contributed by atoms with Gasteiger partial charge in [-0.3, -0.25) is 9.97 Å². The van der Waals surface area contributed by atoms with Gasteiger partial charge in [0.1, 0.15) is 30.2 Å². The summed E-state index contributed by atoms with van der Waals surface area (Å²) < 4.78 is 11.1. The first kappa shape index (κ1) is 19.2. The maximum Gasteiger partial charge on any atom is 0.229 e. The minimum absolute atomic E-state index is 0.454. The highest BCUT2D eigenvalue weighted by Gasteiger charge is 2.44. The van der Waals surface area contributed by atoms with E-state index < -0.39 is 37.3 Å². The second-order valence-corrected chi connectivity index (χ2v) is 7.40. The Morgan fingerprint density at radius 1 is 1.07 bits per heavy atom. The fourth-order valence-electron chi connectivity index (χ4n) is 3.31. The molecule has 0 radical (unpaired) electrons. The summed E-state index contributed by atoms with van der Waals surface area (Å²) in [4.78, 5) is 8.98. The Kier molecular flexibility index (Phi) is 5.31. The van der Waals surface area contributed by atoms with Gasteiger partial charge in [0.25, 0.3) is 0 Å². The van der Waals surface area contributed by atoms with Crippen LogP contribution in [-0.4, -0.2) is 67.7 Å². The van der Waals surface area contributed by atoms with Crippen LogP contribution in [0.4, 0.5) is 0 Å². The van der Waals surface area contributed by atoms with E-state index in [1.54, 1.807) is 12.3 Å². The smallest absolute Gasteiger partial charge is 0.229 e. The van der Waals surface area contributed by atoms with E-state index in [1.165, 1.54) is 12.8 Å². The molecule has 150 valence electrons. The van der Waals surface area contributed by atoms with Crippen LogP contribution in [0.25, 0.3) is 11.3 Å². The molecule has 0 bridgehead atoms. The van der Waals surface area contributed by atoms with Gasteiger partial charge in [0.05, 0.1) is 24.2 Å². The summed E-state index contributed by atoms with van der Waals surface area (Å²) in [7, 11) is 0. The summed E-state index contributed by atoms with van der Waals surface area (Å²) in [6.07, 6.45) is -0.620. The van der Waals surface area contributed by atoms with E-state index in [0.29, 0.717) is 11.7 Å². The maximum atomic E-state index is 10.1. The number of hydrogen-bond acceptors (Lipinski definition) is 8. The molecule has 1 aromatic carbocycles. The Morgan fingerprint density at radius 2 is 1.86 bits per heavy atom. The minimum Gasteiger partial charge on any atom is -0.462 e. The van der Waals surface area contributed by atoms with Crippen molar-refractivity contribution in [3.05, 3.63) is 41.9 Å². The Bertz CT molecular complexity index is 824. The third-order valence-electron chi connectivity index (χ3n) is 5.23. The minimum atomic E-state index is -1.48. The van der Waals surface area contributed by atoms with Gasteiger partial charge in [-0.15, -0.1) is 0 Å². The second kappa shape index (κ2) is 7.73. The van der Waals surface area contributed by atoms with Gasteiger partial charge in [0.2, 0.25) is 6.29 Å². The molecule has 28 heavy (non-hydrogen) atoms. The van der Waals surface area contributed by atoms with Crippen molar-refractivity contribution in [3.8, 4) is 17.0 Å². The number of rotatable bonds is 5. The van der Waals surface area contributed by atoms with E-state index in [2.05, 4.69) is 9.97 Å². The predicted octanol–water partition coefficient (Wildman–Crippen LogP) is 0.508. The predicted molar refractivity (Wildman–Crippen MR) is 98.6 cm³/mol. The van der Waals surface area contributed by atoms with Crippen LogP contribution < -0.4 is 4.74 Å². The average Bonchev–Trinajstić information content (AvgIpc) is 3.55. The van der Waals surface area contributed by atoms with Crippen molar-refractivity contribution in [2.24, 2.45) is 0 Å². The zero-order chi connectivity index (χ0) is 19.8. The molecule has 4 rings (SSSR count). The summed E-state index contributed by atoms with van der Waals surface area (Å²) in [6.45, 7) is 1.34. The summed E-state index contributed by atoms with van der Waals surface area (Å²) in [6, 6.07) is 5.44. The molecule has 2 fully saturated rings. The van der Waals surface area contributed by atoms with Crippen molar-refractivity contribution < 1.29 is 29.9 Å². The first-order valence-corrected chi connectivity index (χ1v) is 9.38. The number of benzene rings is 1. The molecule has 2 aliphatic rings. The number of aliphatic hydroxyl groups excluding tert-OH is 4. The maximum absolute atomic E-state index is 10.1. The molecule has 5 atom stereocenters. The van der Waals surface area contributed by atoms with E-state index in [9.17, 15) is 20.4 Å². The van der Waals surface area contributed by atoms with Gasteiger partial charge in [-0.1, -0.05) is 0 Å². The van der Waals surface area contributed by atoms with Gasteiger partial charge < -0.3 is 29.9 Å². The van der Waals surface area contributed by atoms with Crippen LogP contribution in [0.2, 0.25) is 0 Å². The molecular weight excluding hydrogens is 364 g/mol. The molecule has 1 saturated carbocycles. The Morgan fingerprint density at radius 3 is 2.46 bits per heavy atom. The van der Waals surface area contributed by atoms with Gasteiger partial charge in [0.15, 0.2) is 0 Å². The monoisotopic (exact) mass is 388 g/mol. The second-order valence-electron chi connectivity index (χ2n) is 7.40. The molecule has 0 spiro atoms. The number of aromatic nitrogens is 2. The van der Waals surface area contributed by atoms with Crippen LogP contribution in [0.15, 0.2) is 30.6 Å². The van der Waals surface area contributed by atoms with Gasteiger partial charge in [-0.05, 0) is 43.5 Å². The van der Waals surface area contributed by atoms with Crippen molar-refractivity contribution in [3.63, 3.8) is 0 Å². The lowest BCUT2D eigenvalue weighted by atomic mass is 9.99. The summed E-state index contributed by atoms with van der Waals surface area (Å²) >= 11 is 0. The largest absolute Gasteiger partial charge is 0.462 e. The van der Waals surface area contributed by atoms with E-state index >= 15 is 0 Å². The standard InChI is InChI=1S/C20H24N2O6/c1-10-6-12(14-8-21-13(7-22-14)11-2-3-11)4-5-15(10)27-20-19(26)18(25)17(24)16(9-23)28-20/h4-8,11,16-20,23-26H,2-3,9H2,1H3/t16-,17-,18+,19+,20+/m1/s1. The van der Waals surface area contributed by atoms with Gasteiger partial charge >= 0.3 is 0 Å². The fourth-order valence-corrected chi connectivity index (χ4v) is 3.31. The topological polar surface area (TPSA) is 125 Å². The molecule has 8 heteroatoms. The SMILES string of the molecule is Cc1cc(-c2cnc(C3CC3)cn2)ccc1O[C@H]1O[C@H](CO)[C@@H](O)[C@H](O)[C@@H]1O. The Hall–Kier alpha value is -2.10. The quantitative estimate of drug-likeness (QED) is 0.584. The molecule has 1 aromatic heterocycles. The van der Waals surface area contributed by atoms with Crippen LogP contribution in [-0.2, 0) is 4.74 Å². The molecule has 8 nitrogen and oxygen atoms in total. The lowest BCUT2D eigenvalue weighted by Gasteiger charge is -2.39.